The summed E-state index contributed by atoms with van der Waals surface area (Å²) in [4.78, 5) is 2.48. The van der Waals surface area contributed by atoms with Crippen LogP contribution >= 0.6 is 0 Å². The number of rotatable bonds is 2. The summed E-state index contributed by atoms with van der Waals surface area (Å²) < 4.78 is 0. The second kappa shape index (κ2) is 6.97. The minimum atomic E-state index is 0. The van der Waals surface area contributed by atoms with E-state index in [1.807, 2.05) is 6.08 Å². The van der Waals surface area contributed by atoms with Gasteiger partial charge < -0.3 is 0 Å². The van der Waals surface area contributed by atoms with Crippen molar-refractivity contribution in [3.63, 3.8) is 0 Å². The Kier molecular flexibility index (Phi) is 7.16. The summed E-state index contributed by atoms with van der Waals surface area (Å²) in [5.41, 5.74) is 0. The van der Waals surface area contributed by atoms with Crippen molar-refractivity contribution in [3.05, 3.63) is 19.1 Å². The third-order valence-electron chi connectivity index (χ3n) is 1.98. The molecule has 1 fully saturated rings. The van der Waals surface area contributed by atoms with E-state index in [1.54, 1.807) is 0 Å². The van der Waals surface area contributed by atoms with Crippen molar-refractivity contribution in [2.75, 3.05) is 19.6 Å². The summed E-state index contributed by atoms with van der Waals surface area (Å²) in [6.07, 6.45) is 8.19. The molecule has 0 bridgehead atoms. The van der Waals surface area contributed by atoms with E-state index in [-0.39, 0.29) is 18.9 Å². The molecular weight excluding hydrogens is 129 g/mol. The SMILES string of the molecule is [CH2]C=CCN1CCCCC1.[LiH]. The molecule has 0 N–H and O–H groups in total. The van der Waals surface area contributed by atoms with Crippen molar-refractivity contribution in [2.45, 2.75) is 19.3 Å². The fourth-order valence-electron chi connectivity index (χ4n) is 1.37. The zero-order chi connectivity index (χ0) is 7.23. The van der Waals surface area contributed by atoms with Crippen LogP contribution in [0.15, 0.2) is 12.2 Å². The Hall–Kier alpha value is 0.297. The molecule has 2 heteroatoms. The molecule has 59 valence electrons. The van der Waals surface area contributed by atoms with Crippen LogP contribution in [0.25, 0.3) is 0 Å². The van der Waals surface area contributed by atoms with E-state index < -0.39 is 0 Å². The second-order valence-electron chi connectivity index (χ2n) is 2.83. The molecule has 1 aliphatic rings. The Balaban J connectivity index is 0.000001000. The van der Waals surface area contributed by atoms with Gasteiger partial charge in [-0.1, -0.05) is 18.6 Å². The number of nitrogens with zero attached hydrogens (tertiary/aromatic N) is 1. The number of hydrogen-bond acceptors (Lipinski definition) is 1. The van der Waals surface area contributed by atoms with Crippen LogP contribution in [0, 0.1) is 6.92 Å². The van der Waals surface area contributed by atoms with Crippen molar-refractivity contribution >= 4 is 18.9 Å². The summed E-state index contributed by atoms with van der Waals surface area (Å²) in [5, 5.41) is 0. The molecule has 1 saturated heterocycles. The summed E-state index contributed by atoms with van der Waals surface area (Å²) in [7, 11) is 0. The van der Waals surface area contributed by atoms with E-state index in [0.29, 0.717) is 0 Å². The van der Waals surface area contributed by atoms with Crippen LogP contribution in [0.5, 0.6) is 0 Å². The maximum absolute atomic E-state index is 3.66. The van der Waals surface area contributed by atoms with Crippen LogP contribution in [-0.2, 0) is 0 Å². The van der Waals surface area contributed by atoms with Gasteiger partial charge in [-0.05, 0) is 32.9 Å². The summed E-state index contributed by atoms with van der Waals surface area (Å²) in [6.45, 7) is 7.33. The molecule has 0 spiro atoms. The van der Waals surface area contributed by atoms with Crippen LogP contribution in [-0.4, -0.2) is 43.4 Å². The standard InChI is InChI=1S/C9H16N.Li.H/c1-2-3-7-10-8-5-4-6-9-10;;/h2-3H,1,4-9H2;;. The average Bonchev–Trinajstić information content (AvgIpc) is 2.03. The van der Waals surface area contributed by atoms with Gasteiger partial charge in [-0.15, -0.1) is 0 Å². The summed E-state index contributed by atoms with van der Waals surface area (Å²) in [6, 6.07) is 0. The van der Waals surface area contributed by atoms with E-state index in [9.17, 15) is 0 Å². The molecule has 1 nitrogen and oxygen atoms in total. The van der Waals surface area contributed by atoms with E-state index in [4.69, 9.17) is 0 Å². The fourth-order valence-corrected chi connectivity index (χ4v) is 1.37. The maximum atomic E-state index is 3.66. The molecule has 0 aromatic rings. The van der Waals surface area contributed by atoms with Gasteiger partial charge in [0.2, 0.25) is 0 Å². The monoisotopic (exact) mass is 146 g/mol. The molecule has 0 aromatic heterocycles. The van der Waals surface area contributed by atoms with Crippen molar-refractivity contribution in [2.24, 2.45) is 0 Å². The van der Waals surface area contributed by atoms with Gasteiger partial charge in [0.25, 0.3) is 0 Å². The number of piperidine rings is 1. The van der Waals surface area contributed by atoms with E-state index in [0.717, 1.165) is 6.54 Å². The first-order chi connectivity index (χ1) is 4.93. The number of likely N-dealkylation sites (tertiary alicyclic amines) is 1. The number of allylic oxidation sites excluding steroid dienone is 1. The predicted molar refractivity (Wildman–Crippen MR) is 51.9 cm³/mol. The second-order valence-corrected chi connectivity index (χ2v) is 2.83. The van der Waals surface area contributed by atoms with Crippen molar-refractivity contribution in [1.29, 1.82) is 0 Å². The minimum absolute atomic E-state index is 0. The van der Waals surface area contributed by atoms with E-state index in [1.165, 1.54) is 32.4 Å². The van der Waals surface area contributed by atoms with Crippen LogP contribution in [0.3, 0.4) is 0 Å². The Bertz CT molecular complexity index is 106. The van der Waals surface area contributed by atoms with Crippen LogP contribution in [0.2, 0.25) is 0 Å². The van der Waals surface area contributed by atoms with E-state index >= 15 is 0 Å². The van der Waals surface area contributed by atoms with Gasteiger partial charge in [0.05, 0.1) is 0 Å². The Labute approximate surface area is 82.0 Å². The molecule has 0 aromatic carbocycles. The van der Waals surface area contributed by atoms with Gasteiger partial charge in [0.1, 0.15) is 0 Å². The van der Waals surface area contributed by atoms with Crippen molar-refractivity contribution in [3.8, 4) is 0 Å². The first kappa shape index (κ1) is 11.3. The Morgan fingerprint density at radius 3 is 2.36 bits per heavy atom. The van der Waals surface area contributed by atoms with E-state index in [2.05, 4.69) is 17.9 Å². The molecule has 1 aliphatic heterocycles. The summed E-state index contributed by atoms with van der Waals surface area (Å²) >= 11 is 0. The van der Waals surface area contributed by atoms with Gasteiger partial charge in [-0.2, -0.15) is 0 Å². The first-order valence-corrected chi connectivity index (χ1v) is 4.10. The normalized spacial score (nSPS) is 20.1. The molecule has 1 radical (unpaired) electrons. The molecule has 0 saturated carbocycles. The van der Waals surface area contributed by atoms with Gasteiger partial charge in [0, 0.05) is 6.54 Å². The van der Waals surface area contributed by atoms with Gasteiger partial charge >= 0.3 is 18.9 Å². The zero-order valence-electron chi connectivity index (χ0n) is 6.55. The Morgan fingerprint density at radius 1 is 1.18 bits per heavy atom. The van der Waals surface area contributed by atoms with Gasteiger partial charge in [0.15, 0.2) is 0 Å². The third kappa shape index (κ3) is 4.69. The molecule has 0 amide bonds. The topological polar surface area (TPSA) is 3.24 Å². The van der Waals surface area contributed by atoms with Gasteiger partial charge in [-0.25, -0.2) is 0 Å². The first-order valence-electron chi connectivity index (χ1n) is 4.10. The average molecular weight is 146 g/mol. The zero-order valence-corrected chi connectivity index (χ0v) is 6.55. The van der Waals surface area contributed by atoms with Crippen LogP contribution in [0.4, 0.5) is 0 Å². The molecular formula is C9H17LiN. The predicted octanol–water partition coefficient (Wildman–Crippen LogP) is 1.21. The molecule has 11 heavy (non-hydrogen) atoms. The molecule has 0 unspecified atom stereocenters. The molecule has 0 aliphatic carbocycles. The third-order valence-corrected chi connectivity index (χ3v) is 1.98. The van der Waals surface area contributed by atoms with Crippen molar-refractivity contribution in [1.82, 2.24) is 4.90 Å². The fraction of sp³-hybridized carbons (Fsp3) is 0.667. The molecule has 0 atom stereocenters. The Morgan fingerprint density at radius 2 is 1.82 bits per heavy atom. The summed E-state index contributed by atoms with van der Waals surface area (Å²) in [5.74, 6) is 0. The van der Waals surface area contributed by atoms with Crippen molar-refractivity contribution < 1.29 is 0 Å². The van der Waals surface area contributed by atoms with Gasteiger partial charge in [-0.3, -0.25) is 4.90 Å². The van der Waals surface area contributed by atoms with Crippen LogP contribution < -0.4 is 0 Å². The quantitative estimate of drug-likeness (QED) is 0.529. The van der Waals surface area contributed by atoms with Crippen LogP contribution in [0.1, 0.15) is 19.3 Å². The molecule has 1 heterocycles. The molecule has 1 rings (SSSR count). The number of hydrogen-bond donors (Lipinski definition) is 0.